The first-order valence-electron chi connectivity index (χ1n) is 4.84. The molecule has 0 saturated heterocycles. The minimum Gasteiger partial charge on any atom is -0.394 e. The Morgan fingerprint density at radius 3 is 2.80 bits per heavy atom. The van der Waals surface area contributed by atoms with Gasteiger partial charge < -0.3 is 9.84 Å². The summed E-state index contributed by atoms with van der Waals surface area (Å²) in [6.45, 7) is 1.19. The van der Waals surface area contributed by atoms with Crippen molar-refractivity contribution in [1.82, 2.24) is 0 Å². The number of halogens is 1. The molecule has 0 radical (unpaired) electrons. The van der Waals surface area contributed by atoms with Crippen molar-refractivity contribution in [3.8, 4) is 0 Å². The van der Waals surface area contributed by atoms with Crippen molar-refractivity contribution in [1.29, 1.82) is 0 Å². The molecule has 0 aliphatic rings. The van der Waals surface area contributed by atoms with Crippen LogP contribution in [0.25, 0.3) is 0 Å². The molecule has 1 rings (SSSR count). The predicted molar refractivity (Wildman–Crippen MR) is 65.5 cm³/mol. The minimum atomic E-state index is 0.0924. The molecule has 0 heterocycles. The van der Waals surface area contributed by atoms with Crippen molar-refractivity contribution in [3.63, 3.8) is 0 Å². The topological polar surface area (TPSA) is 29.5 Å². The largest absolute Gasteiger partial charge is 0.394 e. The summed E-state index contributed by atoms with van der Waals surface area (Å²) in [7, 11) is 0. The van der Waals surface area contributed by atoms with E-state index in [-0.39, 0.29) is 6.61 Å². The Labute approximate surface area is 99.6 Å². The molecule has 0 saturated carbocycles. The van der Waals surface area contributed by atoms with Crippen LogP contribution in [0, 0.1) is 0 Å². The van der Waals surface area contributed by atoms with Gasteiger partial charge in [-0.15, -0.1) is 0 Å². The highest BCUT2D eigenvalue weighted by Crippen LogP contribution is 2.20. The first kappa shape index (κ1) is 12.8. The molecule has 1 aromatic rings. The molecule has 84 valence electrons. The number of benzene rings is 1. The Bertz CT molecular complexity index is 281. The molecular weight excluding hydrogens is 232 g/mol. The van der Waals surface area contributed by atoms with Gasteiger partial charge in [0.05, 0.1) is 19.8 Å². The van der Waals surface area contributed by atoms with E-state index in [4.69, 9.17) is 21.4 Å². The van der Waals surface area contributed by atoms with Crippen LogP contribution in [0.4, 0.5) is 0 Å². The van der Waals surface area contributed by atoms with E-state index in [1.54, 1.807) is 11.8 Å². The van der Waals surface area contributed by atoms with Gasteiger partial charge in [-0.05, 0) is 11.6 Å². The molecule has 15 heavy (non-hydrogen) atoms. The molecule has 0 aliphatic carbocycles. The number of hydrogen-bond donors (Lipinski definition) is 1. The van der Waals surface area contributed by atoms with Gasteiger partial charge in [-0.1, -0.05) is 29.8 Å². The van der Waals surface area contributed by atoms with Crippen LogP contribution in [0.1, 0.15) is 5.56 Å². The van der Waals surface area contributed by atoms with Gasteiger partial charge in [0.15, 0.2) is 0 Å². The van der Waals surface area contributed by atoms with Crippen molar-refractivity contribution >= 4 is 23.4 Å². The fourth-order valence-corrected chi connectivity index (χ4v) is 2.22. The third-order valence-corrected chi connectivity index (χ3v) is 3.16. The zero-order chi connectivity index (χ0) is 10.9. The summed E-state index contributed by atoms with van der Waals surface area (Å²) in [5.74, 6) is 1.83. The number of rotatable bonds is 7. The van der Waals surface area contributed by atoms with Crippen molar-refractivity contribution in [2.75, 3.05) is 25.6 Å². The summed E-state index contributed by atoms with van der Waals surface area (Å²) in [5, 5.41) is 9.31. The molecule has 0 bridgehead atoms. The highest BCUT2D eigenvalue weighted by atomic mass is 35.5. The standard InChI is InChI=1S/C11H15ClO2S/c12-11-4-2-1-3-10(11)9-15-8-7-14-6-5-13/h1-4,13H,5-9H2. The highest BCUT2D eigenvalue weighted by Gasteiger charge is 1.98. The molecule has 4 heteroatoms. The lowest BCUT2D eigenvalue weighted by molar-refractivity contribution is 0.103. The maximum Gasteiger partial charge on any atom is 0.0698 e. The van der Waals surface area contributed by atoms with Crippen LogP contribution in [0.15, 0.2) is 24.3 Å². The highest BCUT2D eigenvalue weighted by molar-refractivity contribution is 7.98. The second kappa shape index (κ2) is 7.99. The van der Waals surface area contributed by atoms with Gasteiger partial charge in [0, 0.05) is 16.5 Å². The van der Waals surface area contributed by atoms with E-state index in [9.17, 15) is 0 Å². The fraction of sp³-hybridized carbons (Fsp3) is 0.455. The normalized spacial score (nSPS) is 10.5. The second-order valence-corrected chi connectivity index (χ2v) is 4.49. The number of hydrogen-bond acceptors (Lipinski definition) is 3. The van der Waals surface area contributed by atoms with Gasteiger partial charge in [-0.25, -0.2) is 0 Å². The van der Waals surface area contributed by atoms with E-state index in [2.05, 4.69) is 0 Å². The SMILES string of the molecule is OCCOCCSCc1ccccc1Cl. The summed E-state index contributed by atoms with van der Waals surface area (Å²) in [4.78, 5) is 0. The second-order valence-electron chi connectivity index (χ2n) is 2.98. The van der Waals surface area contributed by atoms with Crippen molar-refractivity contribution < 1.29 is 9.84 Å². The summed E-state index contributed by atoms with van der Waals surface area (Å²) in [6, 6.07) is 7.86. The van der Waals surface area contributed by atoms with Crippen LogP contribution in [0.2, 0.25) is 5.02 Å². The van der Waals surface area contributed by atoms with Crippen LogP contribution in [-0.4, -0.2) is 30.7 Å². The van der Waals surface area contributed by atoms with Crippen LogP contribution >= 0.6 is 23.4 Å². The zero-order valence-electron chi connectivity index (χ0n) is 8.49. The monoisotopic (exact) mass is 246 g/mol. The van der Waals surface area contributed by atoms with E-state index in [0.29, 0.717) is 13.2 Å². The van der Waals surface area contributed by atoms with E-state index in [1.165, 1.54) is 0 Å². The van der Waals surface area contributed by atoms with Gasteiger partial charge in [0.1, 0.15) is 0 Å². The summed E-state index contributed by atoms with van der Waals surface area (Å²) in [6.07, 6.45) is 0. The molecule has 2 nitrogen and oxygen atoms in total. The quantitative estimate of drug-likeness (QED) is 0.750. The van der Waals surface area contributed by atoms with Crippen LogP contribution in [-0.2, 0) is 10.5 Å². The van der Waals surface area contributed by atoms with Crippen molar-refractivity contribution in [3.05, 3.63) is 34.9 Å². The number of thioether (sulfide) groups is 1. The number of ether oxygens (including phenoxy) is 1. The predicted octanol–water partition coefficient (Wildman–Crippen LogP) is 2.58. The first-order valence-corrected chi connectivity index (χ1v) is 6.37. The molecule has 0 unspecified atom stereocenters. The van der Waals surface area contributed by atoms with Crippen LogP contribution in [0.3, 0.4) is 0 Å². The summed E-state index contributed by atoms with van der Waals surface area (Å²) >= 11 is 7.79. The van der Waals surface area contributed by atoms with E-state index >= 15 is 0 Å². The Balaban J connectivity index is 2.12. The maximum absolute atomic E-state index is 8.49. The molecule has 0 spiro atoms. The molecule has 1 N–H and O–H groups in total. The van der Waals surface area contributed by atoms with Gasteiger partial charge >= 0.3 is 0 Å². The summed E-state index contributed by atoms with van der Waals surface area (Å²) < 4.78 is 5.15. The molecule has 0 atom stereocenters. The Morgan fingerprint density at radius 2 is 2.07 bits per heavy atom. The molecule has 0 aliphatic heterocycles. The Morgan fingerprint density at radius 1 is 1.27 bits per heavy atom. The first-order chi connectivity index (χ1) is 7.34. The lowest BCUT2D eigenvalue weighted by atomic mass is 10.2. The van der Waals surface area contributed by atoms with Gasteiger partial charge in [0.25, 0.3) is 0 Å². The van der Waals surface area contributed by atoms with Gasteiger partial charge in [-0.3, -0.25) is 0 Å². The number of aliphatic hydroxyl groups is 1. The average Bonchev–Trinajstić information content (AvgIpc) is 2.25. The smallest absolute Gasteiger partial charge is 0.0698 e. The molecular formula is C11H15ClO2S. The molecule has 0 amide bonds. The van der Waals surface area contributed by atoms with Gasteiger partial charge in [0.2, 0.25) is 0 Å². The van der Waals surface area contributed by atoms with Crippen molar-refractivity contribution in [2.24, 2.45) is 0 Å². The van der Waals surface area contributed by atoms with E-state index in [1.807, 2.05) is 24.3 Å². The third kappa shape index (κ3) is 5.42. The lowest BCUT2D eigenvalue weighted by Gasteiger charge is -2.04. The minimum absolute atomic E-state index is 0.0924. The van der Waals surface area contributed by atoms with Crippen LogP contribution in [0.5, 0.6) is 0 Å². The molecule has 1 aromatic carbocycles. The maximum atomic E-state index is 8.49. The molecule has 0 fully saturated rings. The third-order valence-electron chi connectivity index (χ3n) is 1.82. The zero-order valence-corrected chi connectivity index (χ0v) is 10.1. The van der Waals surface area contributed by atoms with E-state index < -0.39 is 0 Å². The van der Waals surface area contributed by atoms with Crippen LogP contribution < -0.4 is 0 Å². The van der Waals surface area contributed by atoms with Gasteiger partial charge in [-0.2, -0.15) is 11.8 Å². The molecule has 0 aromatic heterocycles. The van der Waals surface area contributed by atoms with Crippen molar-refractivity contribution in [2.45, 2.75) is 5.75 Å². The Hall–Kier alpha value is -0.220. The lowest BCUT2D eigenvalue weighted by Crippen LogP contribution is -2.02. The summed E-state index contributed by atoms with van der Waals surface area (Å²) in [5.41, 5.74) is 1.16. The van der Waals surface area contributed by atoms with E-state index in [0.717, 1.165) is 22.1 Å². The average molecular weight is 247 g/mol. The fourth-order valence-electron chi connectivity index (χ4n) is 1.08. The number of aliphatic hydroxyl groups excluding tert-OH is 1. The Kier molecular flexibility index (Phi) is 6.85.